The molecule has 0 spiro atoms. The highest BCUT2D eigenvalue weighted by molar-refractivity contribution is 7.99. The third-order valence-corrected chi connectivity index (χ3v) is 5.48. The predicted octanol–water partition coefficient (Wildman–Crippen LogP) is 5.14. The van der Waals surface area contributed by atoms with E-state index in [1.807, 2.05) is 68.4 Å². The van der Waals surface area contributed by atoms with Gasteiger partial charge in [0.1, 0.15) is 11.5 Å². The highest BCUT2D eigenvalue weighted by Gasteiger charge is 2.33. The van der Waals surface area contributed by atoms with Crippen LogP contribution in [0.5, 0.6) is 0 Å². The number of nitrogens with zero attached hydrogens (tertiary/aromatic N) is 1. The van der Waals surface area contributed by atoms with Gasteiger partial charge >= 0.3 is 6.03 Å². The lowest BCUT2D eigenvalue weighted by Gasteiger charge is -2.11. The van der Waals surface area contributed by atoms with Gasteiger partial charge in [0.05, 0.1) is 6.54 Å². The van der Waals surface area contributed by atoms with Crippen molar-refractivity contribution in [3.05, 3.63) is 88.8 Å². The Labute approximate surface area is 173 Å². The van der Waals surface area contributed by atoms with Crippen molar-refractivity contribution in [1.82, 2.24) is 10.2 Å². The van der Waals surface area contributed by atoms with E-state index in [1.165, 1.54) is 22.2 Å². The average Bonchev–Trinajstić information content (AvgIpc) is 3.25. The first-order chi connectivity index (χ1) is 14.0. The van der Waals surface area contributed by atoms with Crippen LogP contribution in [0.2, 0.25) is 0 Å². The molecule has 4 rings (SSSR count). The smallest absolute Gasteiger partial charge is 0.329 e. The number of benzene rings is 2. The molecule has 6 heteroatoms. The Morgan fingerprint density at radius 2 is 1.59 bits per heavy atom. The number of imide groups is 1. The quantitative estimate of drug-likeness (QED) is 0.472. The number of aryl methyl sites for hydroxylation is 2. The predicted molar refractivity (Wildman–Crippen MR) is 112 cm³/mol. The van der Waals surface area contributed by atoms with E-state index in [0.29, 0.717) is 10.9 Å². The van der Waals surface area contributed by atoms with Crippen molar-refractivity contribution in [3.63, 3.8) is 0 Å². The molecule has 0 aliphatic carbocycles. The molecule has 1 saturated heterocycles. The van der Waals surface area contributed by atoms with Crippen LogP contribution in [0.25, 0.3) is 6.08 Å². The topological polar surface area (TPSA) is 62.6 Å². The van der Waals surface area contributed by atoms with E-state index >= 15 is 0 Å². The van der Waals surface area contributed by atoms with Crippen molar-refractivity contribution in [1.29, 1.82) is 0 Å². The van der Waals surface area contributed by atoms with E-state index in [9.17, 15) is 9.59 Å². The van der Waals surface area contributed by atoms with Crippen molar-refractivity contribution in [2.45, 2.75) is 30.4 Å². The molecular formula is C23H20N2O3S. The molecule has 5 nitrogen and oxygen atoms in total. The Balaban J connectivity index is 1.46. The zero-order valence-electron chi connectivity index (χ0n) is 16.1. The molecule has 2 heterocycles. The molecule has 29 heavy (non-hydrogen) atoms. The summed E-state index contributed by atoms with van der Waals surface area (Å²) in [5.74, 6) is 0.153. The van der Waals surface area contributed by atoms with E-state index in [2.05, 4.69) is 5.32 Å². The second-order valence-corrected chi connectivity index (χ2v) is 8.01. The lowest BCUT2D eigenvalue weighted by molar-refractivity contribution is -0.123. The number of rotatable bonds is 5. The van der Waals surface area contributed by atoms with Crippen LogP contribution in [0.3, 0.4) is 0 Å². The number of urea groups is 1. The maximum Gasteiger partial charge on any atom is 0.329 e. The third kappa shape index (κ3) is 4.43. The van der Waals surface area contributed by atoms with Crippen LogP contribution in [-0.2, 0) is 11.3 Å². The zero-order chi connectivity index (χ0) is 20.4. The summed E-state index contributed by atoms with van der Waals surface area (Å²) in [4.78, 5) is 27.2. The molecule has 0 unspecified atom stereocenters. The fourth-order valence-corrected chi connectivity index (χ4v) is 3.70. The highest BCUT2D eigenvalue weighted by atomic mass is 32.2. The van der Waals surface area contributed by atoms with Gasteiger partial charge in [0.2, 0.25) is 0 Å². The molecule has 1 fully saturated rings. The number of carbonyl (C=O) groups is 2. The SMILES string of the molecule is Cc1ccc(CN2C(=O)N/C(=C/c3ccc(Sc4ccc(C)cc4)o3)C2=O)cc1. The zero-order valence-corrected chi connectivity index (χ0v) is 17.0. The van der Waals surface area contributed by atoms with Crippen LogP contribution in [0, 0.1) is 13.8 Å². The van der Waals surface area contributed by atoms with Crippen LogP contribution in [-0.4, -0.2) is 16.8 Å². The molecule has 146 valence electrons. The summed E-state index contributed by atoms with van der Waals surface area (Å²) in [7, 11) is 0. The maximum atomic E-state index is 12.6. The fraction of sp³-hybridized carbons (Fsp3) is 0.130. The van der Waals surface area contributed by atoms with E-state index in [4.69, 9.17) is 4.42 Å². The highest BCUT2D eigenvalue weighted by Crippen LogP contribution is 2.30. The van der Waals surface area contributed by atoms with Crippen molar-refractivity contribution in [2.75, 3.05) is 0 Å². The van der Waals surface area contributed by atoms with Crippen molar-refractivity contribution >= 4 is 29.8 Å². The van der Waals surface area contributed by atoms with Crippen molar-refractivity contribution < 1.29 is 14.0 Å². The first-order valence-corrected chi connectivity index (χ1v) is 10.0. The molecule has 1 aliphatic heterocycles. The summed E-state index contributed by atoms with van der Waals surface area (Å²) in [5.41, 5.74) is 3.44. The van der Waals surface area contributed by atoms with Gasteiger partial charge in [-0.1, -0.05) is 59.3 Å². The summed E-state index contributed by atoms with van der Waals surface area (Å²) in [6.07, 6.45) is 1.56. The average molecular weight is 404 g/mol. The summed E-state index contributed by atoms with van der Waals surface area (Å²) in [5, 5.41) is 3.35. The summed E-state index contributed by atoms with van der Waals surface area (Å²) in [6.45, 7) is 4.27. The van der Waals surface area contributed by atoms with Crippen LogP contribution in [0.4, 0.5) is 4.79 Å². The molecule has 3 aromatic rings. The summed E-state index contributed by atoms with van der Waals surface area (Å²) >= 11 is 1.50. The van der Waals surface area contributed by atoms with Gasteiger partial charge in [-0.15, -0.1) is 0 Å². The van der Waals surface area contributed by atoms with E-state index in [0.717, 1.165) is 16.0 Å². The molecule has 1 N–H and O–H groups in total. The van der Waals surface area contributed by atoms with E-state index in [1.54, 1.807) is 12.1 Å². The first kappa shape index (κ1) is 19.1. The molecule has 3 amide bonds. The minimum Gasteiger partial charge on any atom is -0.450 e. The lowest BCUT2D eigenvalue weighted by atomic mass is 10.1. The van der Waals surface area contributed by atoms with Gasteiger partial charge in [-0.05, 0) is 43.7 Å². The molecule has 0 radical (unpaired) electrons. The summed E-state index contributed by atoms with van der Waals surface area (Å²) < 4.78 is 5.79. The number of furan rings is 1. The minimum absolute atomic E-state index is 0.211. The third-order valence-electron chi connectivity index (χ3n) is 4.55. The maximum absolute atomic E-state index is 12.6. The standard InChI is InChI=1S/C23H20N2O3S/c1-15-3-7-17(8-4-15)14-25-22(26)20(24-23(25)27)13-18-9-12-21(28-18)29-19-10-5-16(2)6-11-19/h3-13H,14H2,1-2H3,(H,24,27)/b20-13+. The van der Waals surface area contributed by atoms with Crippen molar-refractivity contribution in [2.24, 2.45) is 0 Å². The Hall–Kier alpha value is -3.25. The van der Waals surface area contributed by atoms with Crippen LogP contribution in [0.1, 0.15) is 22.5 Å². The van der Waals surface area contributed by atoms with Gasteiger partial charge in [0.25, 0.3) is 5.91 Å². The monoisotopic (exact) mass is 404 g/mol. The molecule has 0 atom stereocenters. The molecule has 0 saturated carbocycles. The molecule has 2 aromatic carbocycles. The number of carbonyl (C=O) groups excluding carboxylic acids is 2. The molecular weight excluding hydrogens is 384 g/mol. The van der Waals surface area contributed by atoms with E-state index < -0.39 is 6.03 Å². The number of hydrogen-bond acceptors (Lipinski definition) is 4. The van der Waals surface area contributed by atoms with Crippen molar-refractivity contribution in [3.8, 4) is 0 Å². The Morgan fingerprint density at radius 1 is 0.931 bits per heavy atom. The Bertz CT molecular complexity index is 1080. The normalized spacial score (nSPS) is 15.2. The van der Waals surface area contributed by atoms with Crippen LogP contribution >= 0.6 is 11.8 Å². The van der Waals surface area contributed by atoms with Gasteiger partial charge in [0.15, 0.2) is 5.09 Å². The largest absolute Gasteiger partial charge is 0.450 e. The first-order valence-electron chi connectivity index (χ1n) is 9.22. The van der Waals surface area contributed by atoms with Gasteiger partial charge in [-0.25, -0.2) is 4.79 Å². The number of amides is 3. The van der Waals surface area contributed by atoms with Crippen LogP contribution < -0.4 is 5.32 Å². The van der Waals surface area contributed by atoms with Gasteiger partial charge in [0, 0.05) is 11.0 Å². The summed E-state index contributed by atoms with van der Waals surface area (Å²) in [6, 6.07) is 19.1. The molecule has 1 aliphatic rings. The van der Waals surface area contributed by atoms with E-state index in [-0.39, 0.29) is 18.1 Å². The van der Waals surface area contributed by atoms with Gasteiger partial charge in [-0.2, -0.15) is 0 Å². The Kier molecular flexibility index (Phi) is 5.27. The molecule has 0 bridgehead atoms. The number of hydrogen-bond donors (Lipinski definition) is 1. The van der Waals surface area contributed by atoms with Gasteiger partial charge in [-0.3, -0.25) is 9.69 Å². The second-order valence-electron chi connectivity index (χ2n) is 6.94. The Morgan fingerprint density at radius 3 is 2.28 bits per heavy atom. The second kappa shape index (κ2) is 8.01. The van der Waals surface area contributed by atoms with Crippen LogP contribution in [0.15, 0.2) is 80.8 Å². The molecule has 1 aromatic heterocycles. The van der Waals surface area contributed by atoms with Gasteiger partial charge < -0.3 is 9.73 Å². The fourth-order valence-electron chi connectivity index (χ4n) is 2.92. The minimum atomic E-state index is -0.428. The number of nitrogens with one attached hydrogen (secondary N) is 1. The lowest BCUT2D eigenvalue weighted by Crippen LogP contribution is -2.30.